The maximum Gasteiger partial charge on any atom is 0.181 e. The molecular formula is C11H18N2O2S. The first kappa shape index (κ1) is 13.0. The molecule has 1 rings (SSSR count). The van der Waals surface area contributed by atoms with Gasteiger partial charge in [0.05, 0.1) is 5.75 Å². The second-order valence-electron chi connectivity index (χ2n) is 3.40. The van der Waals surface area contributed by atoms with E-state index in [9.17, 15) is 8.42 Å². The van der Waals surface area contributed by atoms with Gasteiger partial charge >= 0.3 is 0 Å². The van der Waals surface area contributed by atoms with Gasteiger partial charge in [0.2, 0.25) is 0 Å². The Bertz CT molecular complexity index is 439. The van der Waals surface area contributed by atoms with Gasteiger partial charge in [0.1, 0.15) is 10.7 Å². The molecular weight excluding hydrogens is 224 g/mol. The highest BCUT2D eigenvalue weighted by molar-refractivity contribution is 7.91. The summed E-state index contributed by atoms with van der Waals surface area (Å²) in [6, 6.07) is 3.29. The van der Waals surface area contributed by atoms with E-state index in [1.54, 1.807) is 25.3 Å². The van der Waals surface area contributed by atoms with Crippen LogP contribution in [0.25, 0.3) is 0 Å². The lowest BCUT2D eigenvalue weighted by atomic mass is 10.4. The van der Waals surface area contributed by atoms with Crippen molar-refractivity contribution >= 4 is 15.7 Å². The predicted molar refractivity (Wildman–Crippen MR) is 65.5 cm³/mol. The van der Waals surface area contributed by atoms with Crippen molar-refractivity contribution in [2.24, 2.45) is 0 Å². The largest absolute Gasteiger partial charge is 0.356 e. The molecule has 1 aromatic heterocycles. The fraction of sp³-hybridized carbons (Fsp3) is 0.545. The number of hydrogen-bond donors (Lipinski definition) is 0. The molecule has 1 heterocycles. The third kappa shape index (κ3) is 2.52. The van der Waals surface area contributed by atoms with Crippen molar-refractivity contribution in [2.45, 2.75) is 25.7 Å². The first-order valence-corrected chi connectivity index (χ1v) is 7.14. The zero-order chi connectivity index (χ0) is 12.2. The number of rotatable bonds is 5. The molecule has 4 nitrogen and oxygen atoms in total. The highest BCUT2D eigenvalue weighted by Gasteiger charge is 2.19. The zero-order valence-corrected chi connectivity index (χ0v) is 10.8. The summed E-state index contributed by atoms with van der Waals surface area (Å²) in [5, 5.41) is 0. The number of sulfone groups is 1. The van der Waals surface area contributed by atoms with Crippen LogP contribution in [0.3, 0.4) is 0 Å². The van der Waals surface area contributed by atoms with Crippen molar-refractivity contribution < 1.29 is 8.42 Å². The molecule has 0 fully saturated rings. The maximum absolute atomic E-state index is 11.9. The van der Waals surface area contributed by atoms with Gasteiger partial charge in [-0.3, -0.25) is 0 Å². The van der Waals surface area contributed by atoms with Crippen molar-refractivity contribution in [2.75, 3.05) is 23.7 Å². The minimum Gasteiger partial charge on any atom is -0.356 e. The summed E-state index contributed by atoms with van der Waals surface area (Å²) in [4.78, 5) is 6.46. The second kappa shape index (κ2) is 5.30. The molecule has 0 radical (unpaired) electrons. The number of hydrogen-bond acceptors (Lipinski definition) is 4. The van der Waals surface area contributed by atoms with Crippen LogP contribution in [-0.4, -0.2) is 32.2 Å². The molecule has 0 unspecified atom stereocenters. The van der Waals surface area contributed by atoms with Crippen molar-refractivity contribution in [1.29, 1.82) is 0 Å². The van der Waals surface area contributed by atoms with Crippen LogP contribution in [0.2, 0.25) is 0 Å². The number of aromatic nitrogens is 1. The quantitative estimate of drug-likeness (QED) is 0.789. The van der Waals surface area contributed by atoms with Gasteiger partial charge in [-0.1, -0.05) is 6.92 Å². The van der Waals surface area contributed by atoms with Crippen molar-refractivity contribution in [3.63, 3.8) is 0 Å². The average Bonchev–Trinajstić information content (AvgIpc) is 2.31. The van der Waals surface area contributed by atoms with E-state index in [1.165, 1.54) is 0 Å². The van der Waals surface area contributed by atoms with Gasteiger partial charge in [0.15, 0.2) is 9.84 Å². The van der Waals surface area contributed by atoms with E-state index in [2.05, 4.69) is 4.98 Å². The van der Waals surface area contributed by atoms with Crippen LogP contribution < -0.4 is 4.90 Å². The second-order valence-corrected chi connectivity index (χ2v) is 5.65. The monoisotopic (exact) mass is 242 g/mol. The molecule has 90 valence electrons. The number of nitrogens with zero attached hydrogens (tertiary/aromatic N) is 2. The average molecular weight is 242 g/mol. The Hall–Kier alpha value is -1.10. The molecule has 0 aromatic carbocycles. The normalized spacial score (nSPS) is 11.4. The lowest BCUT2D eigenvalue weighted by Gasteiger charge is -2.22. The third-order valence-electron chi connectivity index (χ3n) is 2.53. The molecule has 0 saturated heterocycles. The molecule has 0 atom stereocenters. The standard InChI is InChI=1S/C11H18N2O2S/c1-4-13(5-2)11-10(8-7-9-12-11)16(14,15)6-3/h7-9H,4-6H2,1-3H3. The molecule has 0 saturated carbocycles. The van der Waals surface area contributed by atoms with Crippen LogP contribution in [0.15, 0.2) is 23.2 Å². The van der Waals surface area contributed by atoms with E-state index in [-0.39, 0.29) is 5.75 Å². The highest BCUT2D eigenvalue weighted by Crippen LogP contribution is 2.22. The summed E-state index contributed by atoms with van der Waals surface area (Å²) in [5.74, 6) is 0.668. The first-order chi connectivity index (χ1) is 7.56. The van der Waals surface area contributed by atoms with Crippen LogP contribution in [0.1, 0.15) is 20.8 Å². The Morgan fingerprint density at radius 1 is 1.25 bits per heavy atom. The maximum atomic E-state index is 11.9. The Kier molecular flexibility index (Phi) is 4.29. The SMILES string of the molecule is CCN(CC)c1ncccc1S(=O)(=O)CC. The van der Waals surface area contributed by atoms with Gasteiger partial charge in [0.25, 0.3) is 0 Å². The van der Waals surface area contributed by atoms with Crippen LogP contribution in [-0.2, 0) is 9.84 Å². The fourth-order valence-electron chi connectivity index (χ4n) is 1.54. The van der Waals surface area contributed by atoms with Gasteiger partial charge in [-0.05, 0) is 26.0 Å². The summed E-state index contributed by atoms with van der Waals surface area (Å²) in [6.45, 7) is 7.12. The van der Waals surface area contributed by atoms with Gasteiger partial charge in [0, 0.05) is 19.3 Å². The van der Waals surface area contributed by atoms with Gasteiger partial charge in [-0.2, -0.15) is 0 Å². The molecule has 1 aromatic rings. The highest BCUT2D eigenvalue weighted by atomic mass is 32.2. The summed E-state index contributed by atoms with van der Waals surface area (Å²) >= 11 is 0. The topological polar surface area (TPSA) is 50.3 Å². The number of anilines is 1. The minimum absolute atomic E-state index is 0.104. The third-order valence-corrected chi connectivity index (χ3v) is 4.28. The first-order valence-electron chi connectivity index (χ1n) is 5.49. The summed E-state index contributed by atoms with van der Waals surface area (Å²) < 4.78 is 23.8. The van der Waals surface area contributed by atoms with E-state index in [0.717, 1.165) is 13.1 Å². The minimum atomic E-state index is -3.20. The van der Waals surface area contributed by atoms with E-state index in [1.807, 2.05) is 18.7 Å². The summed E-state index contributed by atoms with van der Waals surface area (Å²) in [5.41, 5.74) is 0. The van der Waals surface area contributed by atoms with Gasteiger partial charge < -0.3 is 4.90 Å². The van der Waals surface area contributed by atoms with Crippen molar-refractivity contribution in [3.8, 4) is 0 Å². The van der Waals surface area contributed by atoms with Crippen LogP contribution in [0, 0.1) is 0 Å². The Balaban J connectivity index is 3.30. The van der Waals surface area contributed by atoms with Crippen LogP contribution in [0.4, 0.5) is 5.82 Å². The lowest BCUT2D eigenvalue weighted by molar-refractivity contribution is 0.596. The molecule has 0 bridgehead atoms. The van der Waals surface area contributed by atoms with E-state index in [4.69, 9.17) is 0 Å². The lowest BCUT2D eigenvalue weighted by Crippen LogP contribution is -2.25. The Morgan fingerprint density at radius 3 is 2.38 bits per heavy atom. The van der Waals surface area contributed by atoms with Gasteiger partial charge in [-0.25, -0.2) is 13.4 Å². The molecule has 0 amide bonds. The summed E-state index contributed by atoms with van der Waals surface area (Å²) in [6.07, 6.45) is 1.63. The molecule has 0 N–H and O–H groups in total. The van der Waals surface area contributed by atoms with Crippen LogP contribution >= 0.6 is 0 Å². The predicted octanol–water partition coefficient (Wildman–Crippen LogP) is 1.72. The molecule has 5 heteroatoms. The van der Waals surface area contributed by atoms with E-state index < -0.39 is 9.84 Å². The molecule has 0 spiro atoms. The van der Waals surface area contributed by atoms with Crippen molar-refractivity contribution in [3.05, 3.63) is 18.3 Å². The summed E-state index contributed by atoms with van der Waals surface area (Å²) in [7, 11) is -3.20. The molecule has 16 heavy (non-hydrogen) atoms. The van der Waals surface area contributed by atoms with E-state index in [0.29, 0.717) is 10.7 Å². The fourth-order valence-corrected chi connectivity index (χ4v) is 2.60. The van der Waals surface area contributed by atoms with E-state index >= 15 is 0 Å². The molecule has 0 aliphatic heterocycles. The Morgan fingerprint density at radius 2 is 1.88 bits per heavy atom. The van der Waals surface area contributed by atoms with Crippen molar-refractivity contribution in [1.82, 2.24) is 4.98 Å². The smallest absolute Gasteiger partial charge is 0.181 e. The van der Waals surface area contributed by atoms with Crippen LogP contribution in [0.5, 0.6) is 0 Å². The van der Waals surface area contributed by atoms with Gasteiger partial charge in [-0.15, -0.1) is 0 Å². The zero-order valence-electron chi connectivity index (χ0n) is 9.97. The molecule has 0 aliphatic carbocycles. The molecule has 0 aliphatic rings. The Labute approximate surface area is 97.2 Å². The number of pyridine rings is 1.